The van der Waals surface area contributed by atoms with Crippen molar-refractivity contribution < 1.29 is 24.1 Å². The van der Waals surface area contributed by atoms with Gasteiger partial charge >= 0.3 is 0 Å². The molecular weight excluding hydrogens is 605 g/mol. The molecule has 1 fully saturated rings. The number of amides is 3. The summed E-state index contributed by atoms with van der Waals surface area (Å²) in [5, 5.41) is 13.2. The van der Waals surface area contributed by atoms with Gasteiger partial charge in [0.05, 0.1) is 26.8 Å². The number of nitro groups is 1. The Kier molecular flexibility index (Phi) is 6.60. The number of imide groups is 1. The van der Waals surface area contributed by atoms with Gasteiger partial charge in [-0.2, -0.15) is 5.01 Å². The Labute approximate surface area is 260 Å². The second-order valence-electron chi connectivity index (χ2n) is 11.0. The number of Topliss-reactive ketones (excluding diaryl/α,β-unsaturated/α-hetero) is 1. The van der Waals surface area contributed by atoms with Crippen molar-refractivity contribution >= 4 is 52.4 Å². The molecule has 0 spiro atoms. The van der Waals surface area contributed by atoms with Crippen LogP contribution in [0.3, 0.4) is 0 Å². The first-order chi connectivity index (χ1) is 21.2. The smallest absolute Gasteiger partial charge is 0.273 e. The molecule has 0 N–H and O–H groups in total. The monoisotopic (exact) mass is 625 g/mol. The Morgan fingerprint density at radius 1 is 0.727 bits per heavy atom. The standard InChI is InChI=1S/C33H21Cl2N3O6/c34-24-13-12-18(15-25(24)35)31(40)36(16-26(39)17-6-5-7-19(14-17)38(43)44)37-32(41)29-27-20-8-1-2-9-21(20)28(30(29)33(37)42)23-11-4-3-10-22(23)27/h1-15,27-30H,16H2/t27?,28?,29-,30-/m1/s1. The zero-order valence-electron chi connectivity index (χ0n) is 22.7. The van der Waals surface area contributed by atoms with Crippen LogP contribution in [-0.2, 0) is 9.59 Å². The van der Waals surface area contributed by atoms with Gasteiger partial charge in [-0.15, -0.1) is 0 Å². The lowest BCUT2D eigenvalue weighted by Gasteiger charge is -2.45. The molecule has 9 nitrogen and oxygen atoms in total. The Balaban J connectivity index is 1.33. The minimum Gasteiger partial charge on any atom is -0.292 e. The minimum atomic E-state index is -0.829. The van der Waals surface area contributed by atoms with E-state index in [1.807, 2.05) is 48.5 Å². The first-order valence-corrected chi connectivity index (χ1v) is 14.5. The summed E-state index contributed by atoms with van der Waals surface area (Å²) in [5.74, 6) is -5.17. The van der Waals surface area contributed by atoms with Crippen molar-refractivity contribution in [2.75, 3.05) is 6.54 Å². The van der Waals surface area contributed by atoms with Crippen LogP contribution in [0.2, 0.25) is 10.0 Å². The number of hydrogen-bond acceptors (Lipinski definition) is 6. The van der Waals surface area contributed by atoms with E-state index in [0.29, 0.717) is 0 Å². The number of hydrazine groups is 1. The normalized spacial score (nSPS) is 21.0. The van der Waals surface area contributed by atoms with Crippen molar-refractivity contribution in [1.82, 2.24) is 10.0 Å². The Bertz CT molecular complexity index is 1830. The third-order valence-corrected chi connectivity index (χ3v) is 9.48. The molecule has 3 amide bonds. The molecule has 1 aliphatic heterocycles. The van der Waals surface area contributed by atoms with Gasteiger partial charge in [-0.05, 0) is 40.5 Å². The zero-order valence-corrected chi connectivity index (χ0v) is 24.2. The van der Waals surface area contributed by atoms with E-state index in [4.69, 9.17) is 23.2 Å². The van der Waals surface area contributed by atoms with Crippen molar-refractivity contribution in [2.24, 2.45) is 11.8 Å². The molecule has 0 radical (unpaired) electrons. The third-order valence-electron chi connectivity index (χ3n) is 8.74. The van der Waals surface area contributed by atoms with Crippen LogP contribution in [0.1, 0.15) is 54.8 Å². The van der Waals surface area contributed by atoms with E-state index in [1.165, 1.54) is 36.4 Å². The summed E-state index contributed by atoms with van der Waals surface area (Å²) >= 11 is 12.3. The third kappa shape index (κ3) is 4.15. The van der Waals surface area contributed by atoms with Gasteiger partial charge in [0, 0.05) is 35.1 Å². The summed E-state index contributed by atoms with van der Waals surface area (Å²) in [7, 11) is 0. The van der Waals surface area contributed by atoms with E-state index in [1.54, 1.807) is 0 Å². The molecule has 1 saturated heterocycles. The summed E-state index contributed by atoms with van der Waals surface area (Å²) in [6, 6.07) is 24.6. The molecule has 1 heterocycles. The summed E-state index contributed by atoms with van der Waals surface area (Å²) in [4.78, 5) is 67.1. The van der Waals surface area contributed by atoms with Gasteiger partial charge in [-0.1, -0.05) is 83.9 Å². The molecular formula is C33H21Cl2N3O6. The highest BCUT2D eigenvalue weighted by Gasteiger charge is 2.63. The fraction of sp³-hybridized carbons (Fsp3) is 0.152. The number of nitro benzene ring substituents is 1. The number of hydrogen-bond donors (Lipinski definition) is 0. The van der Waals surface area contributed by atoms with E-state index in [9.17, 15) is 29.3 Å². The maximum absolute atomic E-state index is 14.4. The highest BCUT2D eigenvalue weighted by molar-refractivity contribution is 6.42. The second kappa shape index (κ2) is 10.4. The average molecular weight is 626 g/mol. The Morgan fingerprint density at radius 2 is 1.27 bits per heavy atom. The topological polar surface area (TPSA) is 118 Å². The predicted molar refractivity (Wildman–Crippen MR) is 160 cm³/mol. The van der Waals surface area contributed by atoms with Crippen LogP contribution in [0.5, 0.6) is 0 Å². The lowest BCUT2D eigenvalue weighted by molar-refractivity contribution is -0.384. The molecule has 2 bridgehead atoms. The average Bonchev–Trinajstić information content (AvgIpc) is 3.30. The highest BCUT2D eigenvalue weighted by Crippen LogP contribution is 2.61. The molecule has 218 valence electrons. The van der Waals surface area contributed by atoms with Crippen molar-refractivity contribution in [3.05, 3.63) is 145 Å². The number of benzene rings is 4. The molecule has 4 aromatic carbocycles. The molecule has 4 aromatic rings. The van der Waals surface area contributed by atoms with Gasteiger partial charge in [-0.3, -0.25) is 29.3 Å². The Morgan fingerprint density at radius 3 is 1.77 bits per heavy atom. The summed E-state index contributed by atoms with van der Waals surface area (Å²) in [6.07, 6.45) is 0. The SMILES string of the molecule is O=C(CN(C(=O)c1ccc(Cl)c(Cl)c1)N1C(=O)[C@@H]2C3c4ccccc4C(c4ccccc43)[C@H]2C1=O)c1cccc([N+](=O)[O-])c1. The van der Waals surface area contributed by atoms with Crippen molar-refractivity contribution in [1.29, 1.82) is 0 Å². The molecule has 2 atom stereocenters. The number of non-ortho nitro benzene ring substituents is 1. The van der Waals surface area contributed by atoms with Gasteiger partial charge in [0.15, 0.2) is 5.78 Å². The molecule has 0 saturated carbocycles. The quantitative estimate of drug-likeness (QED) is 0.112. The lowest BCUT2D eigenvalue weighted by Crippen LogP contribution is -2.52. The number of halogens is 2. The maximum Gasteiger partial charge on any atom is 0.273 e. The van der Waals surface area contributed by atoms with Crippen LogP contribution in [-0.4, -0.2) is 45.0 Å². The van der Waals surface area contributed by atoms with Crippen LogP contribution in [0.15, 0.2) is 91.0 Å². The van der Waals surface area contributed by atoms with Gasteiger partial charge in [-0.25, -0.2) is 5.01 Å². The van der Waals surface area contributed by atoms with Gasteiger partial charge in [0.25, 0.3) is 23.4 Å². The molecule has 8 rings (SSSR count). The maximum atomic E-state index is 14.4. The zero-order chi connectivity index (χ0) is 30.9. The number of ketones is 1. The van der Waals surface area contributed by atoms with Crippen LogP contribution in [0.25, 0.3) is 0 Å². The number of carbonyl (C=O) groups is 4. The minimum absolute atomic E-state index is 0.00346. The van der Waals surface area contributed by atoms with E-state index in [0.717, 1.165) is 38.3 Å². The van der Waals surface area contributed by atoms with Crippen LogP contribution >= 0.6 is 23.2 Å². The summed E-state index contributed by atoms with van der Waals surface area (Å²) in [5.41, 5.74) is 3.44. The van der Waals surface area contributed by atoms with Crippen molar-refractivity contribution in [2.45, 2.75) is 11.8 Å². The van der Waals surface area contributed by atoms with Crippen LogP contribution in [0.4, 0.5) is 5.69 Å². The van der Waals surface area contributed by atoms with Crippen LogP contribution < -0.4 is 0 Å². The lowest BCUT2D eigenvalue weighted by atomic mass is 9.55. The van der Waals surface area contributed by atoms with E-state index in [2.05, 4.69) is 0 Å². The van der Waals surface area contributed by atoms with Crippen LogP contribution in [0, 0.1) is 22.0 Å². The number of carbonyl (C=O) groups excluding carboxylic acids is 4. The highest BCUT2D eigenvalue weighted by atomic mass is 35.5. The second-order valence-corrected chi connectivity index (χ2v) is 11.8. The Hall–Kier alpha value is -4.86. The molecule has 11 heteroatoms. The van der Waals surface area contributed by atoms with E-state index >= 15 is 0 Å². The fourth-order valence-corrected chi connectivity index (χ4v) is 7.23. The first kappa shape index (κ1) is 27.9. The predicted octanol–water partition coefficient (Wildman–Crippen LogP) is 6.03. The van der Waals surface area contributed by atoms with Gasteiger partial charge < -0.3 is 0 Å². The van der Waals surface area contributed by atoms with E-state index in [-0.39, 0.29) is 26.9 Å². The fourth-order valence-electron chi connectivity index (χ4n) is 6.93. The molecule has 0 unspecified atom stereocenters. The number of nitrogens with zero attached hydrogens (tertiary/aromatic N) is 3. The van der Waals surface area contributed by atoms with E-state index < -0.39 is 58.6 Å². The number of rotatable bonds is 6. The largest absolute Gasteiger partial charge is 0.292 e. The molecule has 44 heavy (non-hydrogen) atoms. The van der Waals surface area contributed by atoms with Gasteiger partial charge in [0.1, 0.15) is 6.54 Å². The van der Waals surface area contributed by atoms with Crippen molar-refractivity contribution in [3.63, 3.8) is 0 Å². The molecule has 3 aliphatic carbocycles. The van der Waals surface area contributed by atoms with Gasteiger partial charge in [0.2, 0.25) is 0 Å². The van der Waals surface area contributed by atoms with Crippen molar-refractivity contribution in [3.8, 4) is 0 Å². The molecule has 4 aliphatic rings. The summed E-state index contributed by atoms with van der Waals surface area (Å²) < 4.78 is 0. The first-order valence-electron chi connectivity index (χ1n) is 13.8. The summed E-state index contributed by atoms with van der Waals surface area (Å²) in [6.45, 7) is -0.730. The molecule has 0 aromatic heterocycles.